The Morgan fingerprint density at radius 3 is 2.56 bits per heavy atom. The molecule has 1 aromatic heterocycles. The first-order chi connectivity index (χ1) is 16.1. The van der Waals surface area contributed by atoms with Crippen molar-refractivity contribution in [3.05, 3.63) is 47.6 Å². The first-order valence-electron chi connectivity index (χ1n) is 10.8. The number of benzene rings is 1. The van der Waals surface area contributed by atoms with E-state index in [0.717, 1.165) is 12.4 Å². The Morgan fingerprint density at radius 2 is 1.94 bits per heavy atom. The SMILES string of the molecule is [C-]#[N+]c1ccc(Nc2ncnc(OC3C4COCC3CN(C(=O)OC(C)(C)C)C4)c2F)c(F)c1. The third-order valence-corrected chi connectivity index (χ3v) is 5.49. The highest BCUT2D eigenvalue weighted by atomic mass is 19.1. The van der Waals surface area contributed by atoms with Crippen LogP contribution in [0.5, 0.6) is 5.88 Å². The average molecular weight is 473 g/mol. The van der Waals surface area contributed by atoms with Crippen LogP contribution in [-0.4, -0.2) is 59.0 Å². The van der Waals surface area contributed by atoms with E-state index < -0.39 is 29.4 Å². The fourth-order valence-corrected chi connectivity index (χ4v) is 4.02. The van der Waals surface area contributed by atoms with Gasteiger partial charge in [0.2, 0.25) is 5.82 Å². The summed E-state index contributed by atoms with van der Waals surface area (Å²) < 4.78 is 46.5. The molecule has 2 aliphatic heterocycles. The molecule has 3 heterocycles. The van der Waals surface area contributed by atoms with Gasteiger partial charge in [0.1, 0.15) is 23.8 Å². The number of likely N-dealkylation sites (tertiary alicyclic amines) is 1. The van der Waals surface area contributed by atoms with Crippen LogP contribution in [0, 0.1) is 30.0 Å². The van der Waals surface area contributed by atoms with E-state index in [1.807, 2.05) is 0 Å². The van der Waals surface area contributed by atoms with Crippen molar-refractivity contribution in [2.75, 3.05) is 31.6 Å². The maximum absolute atomic E-state index is 15.2. The van der Waals surface area contributed by atoms with Crippen LogP contribution in [0.4, 0.5) is 30.8 Å². The second-order valence-electron chi connectivity index (χ2n) is 9.27. The van der Waals surface area contributed by atoms with Crippen LogP contribution in [0.15, 0.2) is 24.5 Å². The molecule has 9 nitrogen and oxygen atoms in total. The largest absolute Gasteiger partial charge is 0.471 e. The van der Waals surface area contributed by atoms with E-state index in [9.17, 15) is 9.18 Å². The Morgan fingerprint density at radius 1 is 1.24 bits per heavy atom. The number of nitrogens with one attached hydrogen (secondary N) is 1. The number of aromatic nitrogens is 2. The van der Waals surface area contributed by atoms with Crippen LogP contribution in [0.3, 0.4) is 0 Å². The first kappa shape index (κ1) is 23.6. The zero-order valence-corrected chi connectivity index (χ0v) is 19.0. The van der Waals surface area contributed by atoms with Crippen molar-refractivity contribution in [3.63, 3.8) is 0 Å². The Balaban J connectivity index is 1.49. The summed E-state index contributed by atoms with van der Waals surface area (Å²) in [5.74, 6) is -2.52. The van der Waals surface area contributed by atoms with Crippen LogP contribution in [-0.2, 0) is 9.47 Å². The monoisotopic (exact) mass is 473 g/mol. The minimum atomic E-state index is -0.871. The van der Waals surface area contributed by atoms with Crippen molar-refractivity contribution in [2.45, 2.75) is 32.5 Å². The lowest BCUT2D eigenvalue weighted by molar-refractivity contribution is -0.114. The van der Waals surface area contributed by atoms with Gasteiger partial charge >= 0.3 is 6.09 Å². The summed E-state index contributed by atoms with van der Waals surface area (Å²) in [5.41, 5.74) is -0.521. The molecule has 2 fully saturated rings. The number of piperidine rings is 1. The van der Waals surface area contributed by atoms with E-state index in [4.69, 9.17) is 20.8 Å². The van der Waals surface area contributed by atoms with Crippen molar-refractivity contribution in [1.29, 1.82) is 0 Å². The van der Waals surface area contributed by atoms with Gasteiger partial charge in [-0.2, -0.15) is 9.37 Å². The molecular formula is C23H25F2N5O4. The van der Waals surface area contributed by atoms with Gasteiger partial charge in [0.25, 0.3) is 5.88 Å². The highest BCUT2D eigenvalue weighted by Gasteiger charge is 2.44. The summed E-state index contributed by atoms with van der Waals surface area (Å²) in [7, 11) is 0. The molecule has 2 saturated heterocycles. The van der Waals surface area contributed by atoms with Crippen molar-refractivity contribution >= 4 is 23.3 Å². The molecule has 2 unspecified atom stereocenters. The van der Waals surface area contributed by atoms with Gasteiger partial charge in [-0.25, -0.2) is 19.0 Å². The summed E-state index contributed by atoms with van der Waals surface area (Å²) in [6.45, 7) is 13.7. The lowest BCUT2D eigenvalue weighted by atomic mass is 9.84. The molecular weight excluding hydrogens is 448 g/mol. The number of hydrogen-bond donors (Lipinski definition) is 1. The summed E-state index contributed by atoms with van der Waals surface area (Å²) in [5, 5.41) is 2.59. The number of ether oxygens (including phenoxy) is 3. The molecule has 2 bridgehead atoms. The number of carbonyl (C=O) groups excluding carboxylic acids is 1. The smallest absolute Gasteiger partial charge is 0.410 e. The average Bonchev–Trinajstić information content (AvgIpc) is 2.76. The van der Waals surface area contributed by atoms with E-state index in [1.54, 1.807) is 25.7 Å². The number of carbonyl (C=O) groups is 1. The van der Waals surface area contributed by atoms with Crippen LogP contribution in [0.2, 0.25) is 0 Å². The fraction of sp³-hybridized carbons (Fsp3) is 0.478. The Kier molecular flexibility index (Phi) is 6.52. The minimum Gasteiger partial charge on any atom is -0.471 e. The standard InChI is InChI=1S/C23H25F2N5O4/c1-23(2,3)34-22(31)30-8-13-10-32-11-14(9-30)19(13)33-21-18(25)20(27-12-28-21)29-17-6-5-15(26-4)7-16(17)24/h5-7,12-14,19H,8-11H2,1-3H3,(H,27,28,29). The van der Waals surface area contributed by atoms with E-state index in [-0.39, 0.29) is 34.9 Å². The third kappa shape index (κ3) is 5.17. The number of rotatable bonds is 4. The third-order valence-electron chi connectivity index (χ3n) is 5.49. The molecule has 2 aromatic rings. The molecule has 180 valence electrons. The molecule has 0 aliphatic carbocycles. The normalized spacial score (nSPS) is 22.0. The van der Waals surface area contributed by atoms with Crippen LogP contribution >= 0.6 is 0 Å². The van der Waals surface area contributed by atoms with Gasteiger partial charge < -0.3 is 24.4 Å². The predicted molar refractivity (Wildman–Crippen MR) is 118 cm³/mol. The zero-order chi connectivity index (χ0) is 24.5. The molecule has 2 atom stereocenters. The van der Waals surface area contributed by atoms with Crippen molar-refractivity contribution in [1.82, 2.24) is 14.9 Å². The first-order valence-corrected chi connectivity index (χ1v) is 10.8. The molecule has 1 amide bonds. The van der Waals surface area contributed by atoms with Crippen molar-refractivity contribution < 1.29 is 27.8 Å². The molecule has 4 rings (SSSR count). The topological polar surface area (TPSA) is 90.2 Å². The second kappa shape index (κ2) is 9.38. The number of anilines is 2. The van der Waals surface area contributed by atoms with Gasteiger partial charge in [0.05, 0.1) is 25.5 Å². The van der Waals surface area contributed by atoms with Gasteiger partial charge in [-0.05, 0) is 32.9 Å². The lowest BCUT2D eigenvalue weighted by Crippen LogP contribution is -2.59. The summed E-state index contributed by atoms with van der Waals surface area (Å²) in [4.78, 5) is 25.1. The lowest BCUT2D eigenvalue weighted by Gasteiger charge is -2.46. The molecule has 1 aromatic carbocycles. The minimum absolute atomic E-state index is 0.0353. The molecule has 2 aliphatic rings. The maximum atomic E-state index is 15.2. The Hall–Kier alpha value is -3.52. The van der Waals surface area contributed by atoms with Crippen LogP contribution in [0.1, 0.15) is 20.8 Å². The predicted octanol–water partition coefficient (Wildman–Crippen LogP) is 4.31. The van der Waals surface area contributed by atoms with Crippen molar-refractivity contribution in [2.24, 2.45) is 11.8 Å². The van der Waals surface area contributed by atoms with Crippen LogP contribution < -0.4 is 10.1 Å². The number of hydrogen-bond acceptors (Lipinski definition) is 7. The Bertz CT molecular complexity index is 1100. The molecule has 0 saturated carbocycles. The van der Waals surface area contributed by atoms with E-state index in [2.05, 4.69) is 20.1 Å². The van der Waals surface area contributed by atoms with Gasteiger partial charge in [0.15, 0.2) is 11.5 Å². The Labute approximate surface area is 195 Å². The number of halogens is 2. The molecule has 34 heavy (non-hydrogen) atoms. The molecule has 0 spiro atoms. The number of nitrogens with zero attached hydrogens (tertiary/aromatic N) is 4. The second-order valence-corrected chi connectivity index (χ2v) is 9.27. The van der Waals surface area contributed by atoms with E-state index in [1.165, 1.54) is 12.1 Å². The quantitative estimate of drug-likeness (QED) is 0.662. The van der Waals surface area contributed by atoms with Gasteiger partial charge in [-0.3, -0.25) is 0 Å². The number of amides is 1. The van der Waals surface area contributed by atoms with Crippen LogP contribution in [0.25, 0.3) is 4.85 Å². The molecule has 11 heteroatoms. The van der Waals surface area contributed by atoms with E-state index >= 15 is 4.39 Å². The molecule has 0 radical (unpaired) electrons. The van der Waals surface area contributed by atoms with E-state index in [0.29, 0.717) is 26.3 Å². The fourth-order valence-electron chi connectivity index (χ4n) is 4.02. The number of fused-ring (bicyclic) bond motifs is 2. The molecule has 1 N–H and O–H groups in total. The van der Waals surface area contributed by atoms with Crippen molar-refractivity contribution in [3.8, 4) is 5.88 Å². The van der Waals surface area contributed by atoms with Gasteiger partial charge in [-0.1, -0.05) is 6.07 Å². The highest BCUT2D eigenvalue weighted by molar-refractivity contribution is 5.68. The summed E-state index contributed by atoms with van der Waals surface area (Å²) in [6, 6.07) is 3.79. The summed E-state index contributed by atoms with van der Waals surface area (Å²) >= 11 is 0. The zero-order valence-electron chi connectivity index (χ0n) is 19.0. The summed E-state index contributed by atoms with van der Waals surface area (Å²) in [6.07, 6.45) is 0.280. The highest BCUT2D eigenvalue weighted by Crippen LogP contribution is 2.34. The van der Waals surface area contributed by atoms with Gasteiger partial charge in [-0.15, -0.1) is 0 Å². The maximum Gasteiger partial charge on any atom is 0.410 e. The van der Waals surface area contributed by atoms with Gasteiger partial charge in [0, 0.05) is 24.9 Å².